The van der Waals surface area contributed by atoms with Gasteiger partial charge in [-0.05, 0) is 55.7 Å². The maximum absolute atomic E-state index is 12.7. The van der Waals surface area contributed by atoms with Gasteiger partial charge in [-0.15, -0.1) is 0 Å². The lowest BCUT2D eigenvalue weighted by atomic mass is 9.98. The normalized spacial score (nSPS) is 12.4. The molecular weight excluding hydrogens is 428 g/mol. The molecule has 0 amide bonds. The molecule has 3 rings (SSSR count). The summed E-state index contributed by atoms with van der Waals surface area (Å²) in [4.78, 5) is 24.9. The Kier molecular flexibility index (Phi) is 6.96. The number of aryl methyl sites for hydroxylation is 1. The molecule has 32 heavy (non-hydrogen) atoms. The highest BCUT2D eigenvalue weighted by molar-refractivity contribution is 7.89. The molecule has 7 nitrogen and oxygen atoms in total. The average Bonchev–Trinajstić information content (AvgIpc) is 3.06. The minimum absolute atomic E-state index is 0.0100. The van der Waals surface area contributed by atoms with Gasteiger partial charge in [0.05, 0.1) is 11.3 Å². The van der Waals surface area contributed by atoms with Crippen molar-refractivity contribution in [1.82, 2.24) is 4.57 Å². The van der Waals surface area contributed by atoms with Crippen LogP contribution in [0.4, 0.5) is 0 Å². The van der Waals surface area contributed by atoms with Crippen LogP contribution in [0.3, 0.4) is 0 Å². The molecule has 0 fully saturated rings. The first-order valence-electron chi connectivity index (χ1n) is 10.1. The highest BCUT2D eigenvalue weighted by Gasteiger charge is 2.19. The Hall–Kier alpha value is -3.23. The van der Waals surface area contributed by atoms with Crippen molar-refractivity contribution in [3.05, 3.63) is 83.2 Å². The van der Waals surface area contributed by atoms with Crippen LogP contribution in [0.25, 0.3) is 5.69 Å². The molecule has 0 aliphatic heterocycles. The third-order valence-electron chi connectivity index (χ3n) is 5.36. The number of rotatable bonds is 8. The fourth-order valence-electron chi connectivity index (χ4n) is 3.66. The van der Waals surface area contributed by atoms with Crippen molar-refractivity contribution >= 4 is 21.8 Å². The predicted octanol–water partition coefficient (Wildman–Crippen LogP) is 3.66. The van der Waals surface area contributed by atoms with Crippen molar-refractivity contribution in [2.75, 3.05) is 6.61 Å². The lowest BCUT2D eigenvalue weighted by molar-refractivity contribution is -0.142. The monoisotopic (exact) mass is 454 g/mol. The number of ether oxygens (including phenoxy) is 1. The quantitative estimate of drug-likeness (QED) is 0.413. The van der Waals surface area contributed by atoms with Gasteiger partial charge in [0.2, 0.25) is 15.8 Å². The first kappa shape index (κ1) is 23.4. The summed E-state index contributed by atoms with van der Waals surface area (Å²) >= 11 is 0. The molecule has 2 N–H and O–H groups in total. The first-order valence-corrected chi connectivity index (χ1v) is 11.7. The third-order valence-corrected chi connectivity index (χ3v) is 6.29. The summed E-state index contributed by atoms with van der Waals surface area (Å²) in [6, 6.07) is 17.5. The molecule has 0 saturated carbocycles. The minimum Gasteiger partial charge on any atom is -0.457 e. The second-order valence-corrected chi connectivity index (χ2v) is 9.32. The van der Waals surface area contributed by atoms with E-state index in [-0.39, 0.29) is 29.6 Å². The molecule has 0 aliphatic carbocycles. The number of carbonyl (C=O) groups excluding carboxylic acids is 2. The Bertz CT molecular complexity index is 1230. The number of primary sulfonamides is 1. The van der Waals surface area contributed by atoms with Crippen LogP contribution < -0.4 is 5.14 Å². The highest BCUT2D eigenvalue weighted by atomic mass is 32.2. The number of sulfonamides is 1. The summed E-state index contributed by atoms with van der Waals surface area (Å²) in [6.45, 7) is 5.22. The van der Waals surface area contributed by atoms with Crippen LogP contribution in [0, 0.1) is 13.8 Å². The van der Waals surface area contributed by atoms with Crippen molar-refractivity contribution in [3.63, 3.8) is 0 Å². The van der Waals surface area contributed by atoms with Crippen LogP contribution in [0.15, 0.2) is 65.6 Å². The zero-order chi connectivity index (χ0) is 23.5. The highest BCUT2D eigenvalue weighted by Crippen LogP contribution is 2.23. The number of carbonyl (C=O) groups is 2. The SMILES string of the molecule is Cc1cc(C(=O)COC(=O)CC(C)c2ccccc2)c(C)n1-c1ccc(S(N)(=O)=O)cc1. The number of nitrogens with two attached hydrogens (primary N) is 1. The molecular formula is C24H26N2O5S. The van der Waals surface area contributed by atoms with Gasteiger partial charge in [-0.25, -0.2) is 13.6 Å². The maximum atomic E-state index is 12.7. The third kappa shape index (κ3) is 5.33. The summed E-state index contributed by atoms with van der Waals surface area (Å²) in [5, 5.41) is 5.15. The number of nitrogens with zero attached hydrogens (tertiary/aromatic N) is 1. The van der Waals surface area contributed by atoms with E-state index in [0.717, 1.165) is 11.3 Å². The number of benzene rings is 2. The Morgan fingerprint density at radius 2 is 1.66 bits per heavy atom. The van der Waals surface area contributed by atoms with Gasteiger partial charge in [0, 0.05) is 22.6 Å². The molecule has 0 spiro atoms. The second kappa shape index (κ2) is 9.50. The number of aromatic nitrogens is 1. The average molecular weight is 455 g/mol. The van der Waals surface area contributed by atoms with E-state index in [2.05, 4.69) is 0 Å². The van der Waals surface area contributed by atoms with E-state index in [1.807, 2.05) is 48.7 Å². The lowest BCUT2D eigenvalue weighted by Gasteiger charge is -2.12. The molecule has 2 aromatic carbocycles. The lowest BCUT2D eigenvalue weighted by Crippen LogP contribution is -2.16. The molecule has 168 valence electrons. The van der Waals surface area contributed by atoms with E-state index in [9.17, 15) is 18.0 Å². The number of esters is 1. The Morgan fingerprint density at radius 1 is 1.03 bits per heavy atom. The molecule has 0 radical (unpaired) electrons. The molecule has 1 atom stereocenters. The molecule has 3 aromatic rings. The van der Waals surface area contributed by atoms with Crippen molar-refractivity contribution < 1.29 is 22.7 Å². The molecule has 1 heterocycles. The van der Waals surface area contributed by atoms with Crippen molar-refractivity contribution in [3.8, 4) is 5.69 Å². The Labute approximate surface area is 187 Å². The largest absolute Gasteiger partial charge is 0.457 e. The standard InChI is InChI=1S/C24H26N2O5S/c1-16(19-7-5-4-6-8-19)13-24(28)31-15-23(27)22-14-17(2)26(18(22)3)20-9-11-21(12-10-20)32(25,29)30/h4-12,14,16H,13,15H2,1-3H3,(H2,25,29,30). The summed E-state index contributed by atoms with van der Waals surface area (Å²) in [7, 11) is -3.78. The second-order valence-electron chi connectivity index (χ2n) is 7.76. The van der Waals surface area contributed by atoms with Gasteiger partial charge in [-0.2, -0.15) is 0 Å². The summed E-state index contributed by atoms with van der Waals surface area (Å²) in [5.74, 6) is -0.738. The zero-order valence-corrected chi connectivity index (χ0v) is 19.1. The Balaban J connectivity index is 1.68. The number of ketones is 1. The summed E-state index contributed by atoms with van der Waals surface area (Å²) in [6.07, 6.45) is 0.187. The molecule has 8 heteroatoms. The topological polar surface area (TPSA) is 108 Å². The fourth-order valence-corrected chi connectivity index (χ4v) is 4.17. The van der Waals surface area contributed by atoms with Crippen LogP contribution in [-0.2, 0) is 19.6 Å². The fraction of sp³-hybridized carbons (Fsp3) is 0.250. The van der Waals surface area contributed by atoms with E-state index in [0.29, 0.717) is 16.9 Å². The van der Waals surface area contributed by atoms with Crippen LogP contribution in [0.2, 0.25) is 0 Å². The van der Waals surface area contributed by atoms with Crippen LogP contribution >= 0.6 is 0 Å². The van der Waals surface area contributed by atoms with Crippen molar-refractivity contribution in [2.24, 2.45) is 5.14 Å². The van der Waals surface area contributed by atoms with Gasteiger partial charge < -0.3 is 9.30 Å². The molecule has 0 aliphatic rings. The van der Waals surface area contributed by atoms with Crippen LogP contribution in [-0.4, -0.2) is 31.3 Å². The van der Waals surface area contributed by atoms with Crippen LogP contribution in [0.1, 0.15) is 46.6 Å². The molecule has 1 unspecified atom stereocenters. The summed E-state index contributed by atoms with van der Waals surface area (Å²) in [5.41, 5.74) is 3.64. The van der Waals surface area contributed by atoms with Gasteiger partial charge in [-0.1, -0.05) is 37.3 Å². The molecule has 0 saturated heterocycles. The number of Topliss-reactive ketones (excluding diaryl/α,β-unsaturated/α-hetero) is 1. The van der Waals surface area contributed by atoms with Gasteiger partial charge in [0.25, 0.3) is 0 Å². The van der Waals surface area contributed by atoms with E-state index in [1.54, 1.807) is 25.1 Å². The van der Waals surface area contributed by atoms with E-state index >= 15 is 0 Å². The van der Waals surface area contributed by atoms with Gasteiger partial charge in [0.15, 0.2) is 6.61 Å². The van der Waals surface area contributed by atoms with Crippen molar-refractivity contribution in [1.29, 1.82) is 0 Å². The smallest absolute Gasteiger partial charge is 0.306 e. The number of hydrogen-bond acceptors (Lipinski definition) is 5. The molecule has 1 aromatic heterocycles. The van der Waals surface area contributed by atoms with E-state index in [4.69, 9.17) is 9.88 Å². The van der Waals surface area contributed by atoms with Crippen LogP contribution in [0.5, 0.6) is 0 Å². The summed E-state index contributed by atoms with van der Waals surface area (Å²) < 4.78 is 30.0. The van der Waals surface area contributed by atoms with Gasteiger partial charge in [0.1, 0.15) is 0 Å². The zero-order valence-electron chi connectivity index (χ0n) is 18.2. The van der Waals surface area contributed by atoms with E-state index < -0.39 is 16.0 Å². The van der Waals surface area contributed by atoms with Crippen molar-refractivity contribution in [2.45, 2.75) is 38.0 Å². The van der Waals surface area contributed by atoms with Gasteiger partial charge in [-0.3, -0.25) is 9.59 Å². The molecule has 0 bridgehead atoms. The van der Waals surface area contributed by atoms with E-state index in [1.165, 1.54) is 12.1 Å². The minimum atomic E-state index is -3.78. The number of hydrogen-bond donors (Lipinski definition) is 1. The first-order chi connectivity index (χ1) is 15.1. The predicted molar refractivity (Wildman–Crippen MR) is 121 cm³/mol. The maximum Gasteiger partial charge on any atom is 0.306 e. The Morgan fingerprint density at radius 3 is 2.25 bits per heavy atom. The van der Waals surface area contributed by atoms with Gasteiger partial charge >= 0.3 is 5.97 Å².